The number of hydrogen-bond acceptors (Lipinski definition) is 4. The van der Waals surface area contributed by atoms with Gasteiger partial charge in [-0.3, -0.25) is 14.5 Å². The molecular weight excluding hydrogens is 320 g/mol. The standard InChI is InChI=1S/C19H24N2O4/c22-18(21-10-15(13-5-6-13)16(11-21)19(23)24)12-20-7-8-25-17-4-2-1-3-14(17)9-20/h1-4,13,15-16H,5-12H2,(H,23,24)/t15-,16+/m0/s1. The lowest BCUT2D eigenvalue weighted by Gasteiger charge is -2.23. The summed E-state index contributed by atoms with van der Waals surface area (Å²) in [4.78, 5) is 28.1. The normalized spacial score (nSPS) is 26.6. The molecule has 25 heavy (non-hydrogen) atoms. The van der Waals surface area contributed by atoms with Crippen molar-refractivity contribution >= 4 is 11.9 Å². The topological polar surface area (TPSA) is 70.1 Å². The Bertz CT molecular complexity index is 673. The number of likely N-dealkylation sites (tertiary alicyclic amines) is 1. The molecule has 0 spiro atoms. The summed E-state index contributed by atoms with van der Waals surface area (Å²) in [5.41, 5.74) is 1.09. The molecular formula is C19H24N2O4. The SMILES string of the molecule is O=C(O)[C@@H]1CN(C(=O)CN2CCOc3ccccc3C2)C[C@H]1C1CC1. The molecule has 3 aliphatic rings. The van der Waals surface area contributed by atoms with Crippen molar-refractivity contribution in [2.45, 2.75) is 19.4 Å². The lowest BCUT2D eigenvalue weighted by molar-refractivity contribution is -0.142. The van der Waals surface area contributed by atoms with Gasteiger partial charge in [0.25, 0.3) is 0 Å². The number of carbonyl (C=O) groups excluding carboxylic acids is 1. The van der Waals surface area contributed by atoms with E-state index in [0.29, 0.717) is 45.2 Å². The molecule has 1 saturated heterocycles. The fourth-order valence-electron chi connectivity index (χ4n) is 4.10. The molecule has 6 heteroatoms. The van der Waals surface area contributed by atoms with Crippen LogP contribution in [0.15, 0.2) is 24.3 Å². The predicted octanol–water partition coefficient (Wildman–Crippen LogP) is 1.45. The maximum Gasteiger partial charge on any atom is 0.308 e. The lowest BCUT2D eigenvalue weighted by Crippen LogP contribution is -2.40. The first-order valence-electron chi connectivity index (χ1n) is 9.05. The first kappa shape index (κ1) is 16.4. The van der Waals surface area contributed by atoms with Gasteiger partial charge in [-0.25, -0.2) is 0 Å². The van der Waals surface area contributed by atoms with Gasteiger partial charge in [0.15, 0.2) is 0 Å². The van der Waals surface area contributed by atoms with Crippen LogP contribution in [-0.2, 0) is 16.1 Å². The Morgan fingerprint density at radius 1 is 1.20 bits per heavy atom. The van der Waals surface area contributed by atoms with E-state index in [2.05, 4.69) is 4.90 Å². The molecule has 1 aliphatic carbocycles. The molecule has 0 unspecified atom stereocenters. The molecule has 1 N–H and O–H groups in total. The molecule has 2 fully saturated rings. The number of aliphatic carboxylic acids is 1. The van der Waals surface area contributed by atoms with E-state index in [1.807, 2.05) is 24.3 Å². The van der Waals surface area contributed by atoms with Crippen LogP contribution in [-0.4, -0.2) is 59.6 Å². The number of nitrogens with zero attached hydrogens (tertiary/aromatic N) is 2. The van der Waals surface area contributed by atoms with Gasteiger partial charge in [-0.05, 0) is 30.7 Å². The summed E-state index contributed by atoms with van der Waals surface area (Å²) in [5, 5.41) is 9.46. The van der Waals surface area contributed by atoms with Crippen molar-refractivity contribution in [1.29, 1.82) is 0 Å². The van der Waals surface area contributed by atoms with Gasteiger partial charge >= 0.3 is 5.97 Å². The average molecular weight is 344 g/mol. The van der Waals surface area contributed by atoms with Crippen LogP contribution in [0.1, 0.15) is 18.4 Å². The number of ether oxygens (including phenoxy) is 1. The van der Waals surface area contributed by atoms with Crippen LogP contribution in [0.4, 0.5) is 0 Å². The molecule has 0 bridgehead atoms. The van der Waals surface area contributed by atoms with E-state index < -0.39 is 11.9 Å². The van der Waals surface area contributed by atoms with Crippen molar-refractivity contribution in [2.24, 2.45) is 17.8 Å². The predicted molar refractivity (Wildman–Crippen MR) is 91.1 cm³/mol. The van der Waals surface area contributed by atoms with Crippen LogP contribution in [0, 0.1) is 17.8 Å². The smallest absolute Gasteiger partial charge is 0.308 e. The maximum atomic E-state index is 12.7. The molecule has 1 saturated carbocycles. The summed E-state index contributed by atoms with van der Waals surface area (Å²) >= 11 is 0. The Morgan fingerprint density at radius 3 is 2.76 bits per heavy atom. The average Bonchev–Trinajstić information content (AvgIpc) is 3.37. The number of rotatable bonds is 4. The molecule has 2 aliphatic heterocycles. The highest BCUT2D eigenvalue weighted by Crippen LogP contribution is 2.44. The largest absolute Gasteiger partial charge is 0.492 e. The van der Waals surface area contributed by atoms with Gasteiger partial charge in [-0.2, -0.15) is 0 Å². The zero-order chi connectivity index (χ0) is 17.4. The third kappa shape index (κ3) is 3.49. The lowest BCUT2D eigenvalue weighted by atomic mass is 9.92. The van der Waals surface area contributed by atoms with Crippen molar-refractivity contribution in [3.05, 3.63) is 29.8 Å². The quantitative estimate of drug-likeness (QED) is 0.895. The van der Waals surface area contributed by atoms with E-state index in [0.717, 1.165) is 24.2 Å². The van der Waals surface area contributed by atoms with E-state index in [1.54, 1.807) is 4.90 Å². The van der Waals surface area contributed by atoms with Crippen LogP contribution < -0.4 is 4.74 Å². The van der Waals surface area contributed by atoms with Gasteiger partial charge < -0.3 is 14.7 Å². The molecule has 1 aromatic carbocycles. The Balaban J connectivity index is 1.39. The van der Waals surface area contributed by atoms with Gasteiger partial charge in [-0.15, -0.1) is 0 Å². The van der Waals surface area contributed by atoms with Crippen LogP contribution in [0.5, 0.6) is 5.75 Å². The van der Waals surface area contributed by atoms with Gasteiger partial charge in [0, 0.05) is 31.7 Å². The second kappa shape index (κ2) is 6.67. The van der Waals surface area contributed by atoms with Crippen LogP contribution in [0.2, 0.25) is 0 Å². The number of para-hydroxylation sites is 1. The van der Waals surface area contributed by atoms with E-state index >= 15 is 0 Å². The van der Waals surface area contributed by atoms with Crippen molar-refractivity contribution in [2.75, 3.05) is 32.8 Å². The minimum absolute atomic E-state index is 0.0359. The highest BCUT2D eigenvalue weighted by atomic mass is 16.5. The second-order valence-electron chi connectivity index (χ2n) is 7.41. The fraction of sp³-hybridized carbons (Fsp3) is 0.579. The number of benzene rings is 1. The van der Waals surface area contributed by atoms with E-state index in [4.69, 9.17) is 4.74 Å². The van der Waals surface area contributed by atoms with Gasteiger partial charge in [-0.1, -0.05) is 18.2 Å². The third-order valence-corrected chi connectivity index (χ3v) is 5.65. The minimum atomic E-state index is -0.760. The molecule has 6 nitrogen and oxygen atoms in total. The molecule has 0 aromatic heterocycles. The van der Waals surface area contributed by atoms with Crippen LogP contribution >= 0.6 is 0 Å². The zero-order valence-electron chi connectivity index (χ0n) is 14.3. The zero-order valence-corrected chi connectivity index (χ0v) is 14.3. The maximum absolute atomic E-state index is 12.7. The summed E-state index contributed by atoms with van der Waals surface area (Å²) in [5.74, 6) is 0.396. The number of carboxylic acid groups (broad SMARTS) is 1. The molecule has 1 amide bonds. The molecule has 134 valence electrons. The first-order chi connectivity index (χ1) is 12.1. The number of fused-ring (bicyclic) bond motifs is 1. The summed E-state index contributed by atoms with van der Waals surface area (Å²) in [6.45, 7) is 3.22. The highest BCUT2D eigenvalue weighted by molar-refractivity contribution is 5.80. The van der Waals surface area contributed by atoms with E-state index in [9.17, 15) is 14.7 Å². The Labute approximate surface area is 147 Å². The monoisotopic (exact) mass is 344 g/mol. The Morgan fingerprint density at radius 2 is 2.00 bits per heavy atom. The number of carboxylic acids is 1. The molecule has 1 aromatic rings. The van der Waals surface area contributed by atoms with E-state index in [1.165, 1.54) is 0 Å². The van der Waals surface area contributed by atoms with Gasteiger partial charge in [0.05, 0.1) is 12.5 Å². The van der Waals surface area contributed by atoms with Crippen LogP contribution in [0.25, 0.3) is 0 Å². The van der Waals surface area contributed by atoms with E-state index in [-0.39, 0.29) is 11.8 Å². The van der Waals surface area contributed by atoms with Gasteiger partial charge in [0.1, 0.15) is 12.4 Å². The van der Waals surface area contributed by atoms with Gasteiger partial charge in [0.2, 0.25) is 5.91 Å². The first-order valence-corrected chi connectivity index (χ1v) is 9.05. The third-order valence-electron chi connectivity index (χ3n) is 5.65. The number of carbonyl (C=O) groups is 2. The molecule has 0 radical (unpaired) electrons. The summed E-state index contributed by atoms with van der Waals surface area (Å²) in [7, 11) is 0. The van der Waals surface area contributed by atoms with Crippen molar-refractivity contribution < 1.29 is 19.4 Å². The highest BCUT2D eigenvalue weighted by Gasteiger charge is 2.46. The van der Waals surface area contributed by atoms with Crippen LogP contribution in [0.3, 0.4) is 0 Å². The number of amides is 1. The second-order valence-corrected chi connectivity index (χ2v) is 7.41. The van der Waals surface area contributed by atoms with Crippen molar-refractivity contribution in [3.63, 3.8) is 0 Å². The fourth-order valence-corrected chi connectivity index (χ4v) is 4.10. The van der Waals surface area contributed by atoms with Crippen molar-refractivity contribution in [1.82, 2.24) is 9.80 Å². The molecule has 4 rings (SSSR count). The Hall–Kier alpha value is -2.08. The molecule has 2 heterocycles. The summed E-state index contributed by atoms with van der Waals surface area (Å²) in [6.07, 6.45) is 2.22. The Kier molecular flexibility index (Phi) is 4.37. The summed E-state index contributed by atoms with van der Waals surface area (Å²) in [6, 6.07) is 7.91. The molecule has 2 atom stereocenters. The number of hydrogen-bond donors (Lipinski definition) is 1. The summed E-state index contributed by atoms with van der Waals surface area (Å²) < 4.78 is 5.75. The minimum Gasteiger partial charge on any atom is -0.492 e. The van der Waals surface area contributed by atoms with Crippen molar-refractivity contribution in [3.8, 4) is 5.75 Å².